The lowest BCUT2D eigenvalue weighted by Gasteiger charge is -2.12. The predicted octanol–water partition coefficient (Wildman–Crippen LogP) is 1.23. The highest BCUT2D eigenvalue weighted by Crippen LogP contribution is 2.19. The normalized spacial score (nSPS) is 10.7. The number of unbranched alkanes of at least 4 members (excludes halogenated alkanes) is 5. The molecular weight excluding hydrogens is 834 g/mol. The van der Waals surface area contributed by atoms with Crippen LogP contribution < -0.4 is 77.4 Å². The van der Waals surface area contributed by atoms with Gasteiger partial charge in [-0.25, -0.2) is 21.7 Å². The second-order valence-electron chi connectivity index (χ2n) is 12.2. The van der Waals surface area contributed by atoms with Crippen LogP contribution in [0, 0.1) is 0 Å². The van der Waals surface area contributed by atoms with E-state index in [-0.39, 0.29) is 61.4 Å². The molecule has 2 aromatic carbocycles. The third-order valence-corrected chi connectivity index (χ3v) is 7.85. The van der Waals surface area contributed by atoms with Crippen molar-refractivity contribution in [3.8, 4) is 0 Å². The molecule has 0 atom stereocenters. The van der Waals surface area contributed by atoms with Gasteiger partial charge in [0.1, 0.15) is 25.4 Å². The summed E-state index contributed by atoms with van der Waals surface area (Å²) in [5.41, 5.74) is 29.1. The number of hydrogen-bond donors (Lipinski definition) is 14. The lowest BCUT2D eigenvalue weighted by Crippen LogP contribution is -2.33. The average molecular weight is 899 g/mol. The molecule has 0 saturated heterocycles. The van der Waals surface area contributed by atoms with Crippen LogP contribution in [-0.4, -0.2) is 63.3 Å². The Hall–Kier alpha value is -4.54. The number of carbonyl (C=O) groups is 2. The molecule has 18 N–H and O–H groups in total. The molecule has 2 aromatic rings. The molecule has 0 heterocycles. The van der Waals surface area contributed by atoms with E-state index in [1.807, 2.05) is 24.3 Å². The van der Waals surface area contributed by atoms with E-state index < -0.39 is 0 Å². The molecule has 20 nitrogen and oxygen atoms in total. The fraction of sp³-hybridized carbons (Fsp3) is 0.471. The third kappa shape index (κ3) is 29.7. The Balaban J connectivity index is -0.00000756. The van der Waals surface area contributed by atoms with Crippen molar-refractivity contribution in [1.82, 2.24) is 43.4 Å². The van der Waals surface area contributed by atoms with E-state index in [0.29, 0.717) is 39.0 Å². The second kappa shape index (κ2) is 39.3. The van der Waals surface area contributed by atoms with Crippen LogP contribution in [0.2, 0.25) is 0 Å². The first-order valence-electron chi connectivity index (χ1n) is 18.1. The van der Waals surface area contributed by atoms with Crippen LogP contribution in [0.1, 0.15) is 73.6 Å². The summed E-state index contributed by atoms with van der Waals surface area (Å²) in [4.78, 5) is 25.6. The van der Waals surface area contributed by atoms with Crippen LogP contribution in [0.5, 0.6) is 0 Å². The Labute approximate surface area is 366 Å². The highest BCUT2D eigenvalue weighted by atomic mass is 35.5. The van der Waals surface area contributed by atoms with E-state index >= 15 is 0 Å². The van der Waals surface area contributed by atoms with Crippen molar-refractivity contribution in [2.24, 2.45) is 43.8 Å². The molecule has 0 saturated carbocycles. The second-order valence-corrected chi connectivity index (χ2v) is 12.2. The Bertz CT molecular complexity index is 1290. The lowest BCUT2D eigenvalue weighted by molar-refractivity contribution is -0.117. The average Bonchev–Trinajstić information content (AvgIpc) is 3.15. The minimum Gasteiger partial charge on any atom is -0.326 e. The van der Waals surface area contributed by atoms with E-state index in [9.17, 15) is 9.59 Å². The maximum absolute atomic E-state index is 12.8. The molecule has 0 radical (unpaired) electrons. The van der Waals surface area contributed by atoms with Gasteiger partial charge >= 0.3 is 0 Å². The van der Waals surface area contributed by atoms with Gasteiger partial charge in [0, 0.05) is 50.4 Å². The standard InChI is InChI=1S/C34H60N18O2.4ClH/c35-39-23-47-43-13-9-27-17-28(10-14-44-48-24-40-36)20-31(19-27)51-33(53)7-5-3-1-2-4-6-8-34(54)52-32-21-29(11-15-45-49-25-41-37)18-30(22-32)12-16-46-50-26-42-38;;;;/h17-26,43-46H,1-16,35-38H2,(H,39,47)(H,40,48)(H,41,49)(H,42,50)(H,51,53)(H,52,54);4*1H. The van der Waals surface area contributed by atoms with Crippen LogP contribution in [0.3, 0.4) is 0 Å². The minimum atomic E-state index is -0.0112. The van der Waals surface area contributed by atoms with Gasteiger partial charge in [-0.1, -0.05) is 37.8 Å². The summed E-state index contributed by atoms with van der Waals surface area (Å²) >= 11 is 0. The van der Waals surface area contributed by atoms with E-state index in [1.165, 1.54) is 25.4 Å². The molecule has 0 aliphatic heterocycles. The van der Waals surface area contributed by atoms with Gasteiger partial charge in [-0.2, -0.15) is 20.4 Å². The van der Waals surface area contributed by atoms with Gasteiger partial charge in [-0.15, -0.1) is 49.6 Å². The summed E-state index contributed by atoms with van der Waals surface area (Å²) in [6.07, 6.45) is 14.8. The molecule has 58 heavy (non-hydrogen) atoms. The fourth-order valence-electron chi connectivity index (χ4n) is 5.42. The predicted molar refractivity (Wildman–Crippen MR) is 246 cm³/mol. The van der Waals surface area contributed by atoms with Crippen molar-refractivity contribution in [2.45, 2.75) is 77.0 Å². The molecule has 0 aliphatic rings. The molecule has 0 bridgehead atoms. The number of nitrogens with one attached hydrogen (secondary N) is 10. The zero-order valence-electron chi connectivity index (χ0n) is 32.6. The molecule has 2 rings (SSSR count). The number of hydrazine groups is 4. The number of nitrogens with zero attached hydrogens (tertiary/aromatic N) is 4. The third-order valence-electron chi connectivity index (χ3n) is 7.85. The van der Waals surface area contributed by atoms with Crippen molar-refractivity contribution in [3.05, 3.63) is 58.7 Å². The van der Waals surface area contributed by atoms with Crippen molar-refractivity contribution in [2.75, 3.05) is 36.8 Å². The number of nitrogens with two attached hydrogens (primary N) is 4. The van der Waals surface area contributed by atoms with Gasteiger partial charge in [0.15, 0.2) is 0 Å². The topological polar surface area (TPSA) is 308 Å². The summed E-state index contributed by atoms with van der Waals surface area (Å²) in [5, 5.41) is 19.7. The van der Waals surface area contributed by atoms with E-state index in [1.54, 1.807) is 0 Å². The number of benzene rings is 2. The quantitative estimate of drug-likeness (QED) is 0.0167. The Morgan fingerprint density at radius 1 is 0.431 bits per heavy atom. The fourth-order valence-corrected chi connectivity index (χ4v) is 5.42. The summed E-state index contributed by atoms with van der Waals surface area (Å²) < 4.78 is 0. The number of anilines is 2. The molecule has 330 valence electrons. The van der Waals surface area contributed by atoms with Gasteiger partial charge in [-0.05, 0) is 85.0 Å². The zero-order chi connectivity index (χ0) is 38.9. The maximum atomic E-state index is 12.8. The molecule has 0 aliphatic carbocycles. The molecule has 2 amide bonds. The minimum absolute atomic E-state index is 0. The Morgan fingerprint density at radius 3 is 0.948 bits per heavy atom. The van der Waals surface area contributed by atoms with Crippen molar-refractivity contribution < 1.29 is 9.59 Å². The number of rotatable bonds is 31. The molecule has 0 fully saturated rings. The van der Waals surface area contributed by atoms with Gasteiger partial charge < -0.3 is 55.7 Å². The molecule has 24 heteroatoms. The first kappa shape index (κ1) is 57.8. The number of hydrazone groups is 4. The summed E-state index contributed by atoms with van der Waals surface area (Å²) in [5.74, 6) is 20.4. The highest BCUT2D eigenvalue weighted by Gasteiger charge is 2.09. The smallest absolute Gasteiger partial charge is 0.224 e. The number of hydrogen-bond acceptors (Lipinski definition) is 14. The highest BCUT2D eigenvalue weighted by molar-refractivity contribution is 5.91. The largest absolute Gasteiger partial charge is 0.326 e. The van der Waals surface area contributed by atoms with E-state index in [2.05, 4.69) is 86.6 Å². The maximum Gasteiger partial charge on any atom is 0.224 e. The summed E-state index contributed by atoms with van der Waals surface area (Å²) in [6.45, 7) is 2.57. The SMILES string of the molecule is Cl.Cl.Cl.Cl.NN=CNNCCc1cc(CCNNC=NN)cc(NC(=O)CCCCCCCCC(=O)Nc2cc(CCNNC=NN)cc(CCNNC=NN)c2)c1. The van der Waals surface area contributed by atoms with Crippen molar-refractivity contribution >= 4 is 98.2 Å². The molecule has 0 aromatic heterocycles. The van der Waals surface area contributed by atoms with Crippen LogP contribution in [0.15, 0.2) is 56.8 Å². The van der Waals surface area contributed by atoms with Gasteiger partial charge in [0.05, 0.1) is 0 Å². The van der Waals surface area contributed by atoms with E-state index in [0.717, 1.165) is 97.8 Å². The van der Waals surface area contributed by atoms with Gasteiger partial charge in [0.25, 0.3) is 0 Å². The molecule has 0 unspecified atom stereocenters. The first-order valence-corrected chi connectivity index (χ1v) is 18.1. The Morgan fingerprint density at radius 2 is 0.690 bits per heavy atom. The summed E-state index contributed by atoms with van der Waals surface area (Å²) in [6, 6.07) is 12.2. The van der Waals surface area contributed by atoms with Crippen molar-refractivity contribution in [1.29, 1.82) is 0 Å². The lowest BCUT2D eigenvalue weighted by atomic mass is 10.0. The number of carbonyl (C=O) groups excluding carboxylic acids is 2. The number of amides is 2. The zero-order valence-corrected chi connectivity index (χ0v) is 35.9. The van der Waals surface area contributed by atoms with Gasteiger partial charge in [0.2, 0.25) is 11.8 Å². The first-order chi connectivity index (χ1) is 26.5. The van der Waals surface area contributed by atoms with E-state index in [4.69, 9.17) is 23.4 Å². The monoisotopic (exact) mass is 896 g/mol. The Kier molecular flexibility index (Phi) is 39.1. The van der Waals surface area contributed by atoms with Crippen LogP contribution in [0.25, 0.3) is 0 Å². The van der Waals surface area contributed by atoms with Gasteiger partial charge in [-0.3, -0.25) is 9.59 Å². The van der Waals surface area contributed by atoms with Crippen LogP contribution in [-0.2, 0) is 35.3 Å². The molecular formula is C34H64Cl4N18O2. The number of halogens is 4. The van der Waals surface area contributed by atoms with Crippen molar-refractivity contribution in [3.63, 3.8) is 0 Å². The van der Waals surface area contributed by atoms with Crippen LogP contribution >= 0.6 is 49.6 Å². The summed E-state index contributed by atoms with van der Waals surface area (Å²) in [7, 11) is 0. The van der Waals surface area contributed by atoms with Crippen LogP contribution in [0.4, 0.5) is 11.4 Å². The molecule has 0 spiro atoms.